The summed E-state index contributed by atoms with van der Waals surface area (Å²) in [6.45, 7) is 2.12. The van der Waals surface area contributed by atoms with E-state index in [1.165, 1.54) is 0 Å². The molecule has 1 fully saturated rings. The van der Waals surface area contributed by atoms with Gasteiger partial charge in [-0.3, -0.25) is 0 Å². The molecule has 256 valence electrons. The lowest BCUT2D eigenvalue weighted by atomic mass is 9.79. The summed E-state index contributed by atoms with van der Waals surface area (Å²) in [7, 11) is 3.30. The first kappa shape index (κ1) is 35.3. The van der Waals surface area contributed by atoms with Crippen LogP contribution in [0.25, 0.3) is 0 Å². The van der Waals surface area contributed by atoms with E-state index in [4.69, 9.17) is 18.9 Å². The Labute approximate surface area is 285 Å². The van der Waals surface area contributed by atoms with Crippen LogP contribution in [0.3, 0.4) is 0 Å². The van der Waals surface area contributed by atoms with Crippen LogP contribution in [0.1, 0.15) is 61.6 Å². The molecule has 1 amide bonds. The molecule has 3 aromatic carbocycles. The van der Waals surface area contributed by atoms with Crippen LogP contribution in [-0.4, -0.2) is 74.4 Å². The van der Waals surface area contributed by atoms with Crippen LogP contribution in [-0.2, 0) is 15.1 Å². The summed E-state index contributed by atoms with van der Waals surface area (Å²) in [6, 6.07) is 25.6. The normalized spacial score (nSPS) is 19.1. The number of carbonyl (C=O) groups is 1. The predicted molar refractivity (Wildman–Crippen MR) is 185 cm³/mol. The molecule has 3 unspecified atom stereocenters. The first-order valence-corrected chi connectivity index (χ1v) is 17.2. The molecule has 0 spiro atoms. The van der Waals surface area contributed by atoms with Crippen LogP contribution in [0, 0.1) is 29.6 Å². The molecule has 48 heavy (non-hydrogen) atoms. The second kappa shape index (κ2) is 17.4. The smallest absolute Gasteiger partial charge is 0.407 e. The van der Waals surface area contributed by atoms with Crippen LogP contribution in [0.5, 0.6) is 11.5 Å². The number of methoxy groups -OCH3 is 2. The Morgan fingerprint density at radius 1 is 0.833 bits per heavy atom. The van der Waals surface area contributed by atoms with Gasteiger partial charge in [0, 0.05) is 50.3 Å². The molecule has 2 aliphatic rings. The highest BCUT2D eigenvalue weighted by atomic mass is 16.5. The van der Waals surface area contributed by atoms with Crippen molar-refractivity contribution in [1.82, 2.24) is 4.90 Å². The largest absolute Gasteiger partial charge is 0.496 e. The first-order chi connectivity index (χ1) is 23.5. The quantitative estimate of drug-likeness (QED) is 0.0867. The number of amides is 1. The van der Waals surface area contributed by atoms with E-state index in [2.05, 4.69) is 11.8 Å². The molecule has 8 heteroatoms. The summed E-state index contributed by atoms with van der Waals surface area (Å²) in [4.78, 5) is 13.5. The van der Waals surface area contributed by atoms with Gasteiger partial charge in [0.15, 0.2) is 5.60 Å². The second-order valence-corrected chi connectivity index (χ2v) is 12.6. The third kappa shape index (κ3) is 8.51. The molecule has 2 N–H and O–H groups in total. The SMILES string of the molecule is COc1ccccc1C(OCCC(O)CCOCCCN(CC1C2CCC#CCCC21)C(=O)O)(c1ccccc1)c1ccccc1OC. The maximum absolute atomic E-state index is 11.9. The van der Waals surface area contributed by atoms with E-state index < -0.39 is 17.8 Å². The van der Waals surface area contributed by atoms with Crippen LogP contribution < -0.4 is 9.47 Å². The predicted octanol–water partition coefficient (Wildman–Crippen LogP) is 6.98. The third-order valence-electron chi connectivity index (χ3n) is 9.78. The van der Waals surface area contributed by atoms with Crippen molar-refractivity contribution in [1.29, 1.82) is 0 Å². The van der Waals surface area contributed by atoms with Gasteiger partial charge in [-0.15, -0.1) is 11.8 Å². The van der Waals surface area contributed by atoms with Crippen molar-refractivity contribution >= 4 is 6.09 Å². The average Bonchev–Trinajstić information content (AvgIpc) is 3.75. The summed E-state index contributed by atoms with van der Waals surface area (Å²) in [5.74, 6) is 9.48. The van der Waals surface area contributed by atoms with E-state index in [1.807, 2.05) is 78.9 Å². The molecule has 0 heterocycles. The van der Waals surface area contributed by atoms with E-state index in [0.717, 1.165) is 42.4 Å². The van der Waals surface area contributed by atoms with Crippen molar-refractivity contribution in [2.24, 2.45) is 17.8 Å². The number of benzene rings is 3. The Kier molecular flexibility index (Phi) is 12.8. The van der Waals surface area contributed by atoms with E-state index in [1.54, 1.807) is 19.1 Å². The van der Waals surface area contributed by atoms with Crippen LogP contribution in [0.2, 0.25) is 0 Å². The number of carboxylic acid groups (broad SMARTS) is 1. The Balaban J connectivity index is 1.15. The summed E-state index contributed by atoms with van der Waals surface area (Å²) in [5, 5.41) is 20.7. The Morgan fingerprint density at radius 3 is 1.98 bits per heavy atom. The minimum atomic E-state index is -1.07. The molecule has 0 aliphatic heterocycles. The highest BCUT2D eigenvalue weighted by Gasteiger charge is 2.49. The number of aliphatic hydroxyl groups is 1. The van der Waals surface area contributed by atoms with Crippen molar-refractivity contribution in [2.45, 2.75) is 56.7 Å². The molecule has 8 nitrogen and oxygen atoms in total. The third-order valence-corrected chi connectivity index (χ3v) is 9.78. The Morgan fingerprint density at radius 2 is 1.40 bits per heavy atom. The molecule has 0 bridgehead atoms. The minimum absolute atomic E-state index is 0.259. The fraction of sp³-hybridized carbons (Fsp3) is 0.475. The maximum Gasteiger partial charge on any atom is 0.407 e. The lowest BCUT2D eigenvalue weighted by Gasteiger charge is -2.37. The topological polar surface area (TPSA) is 97.7 Å². The zero-order valence-electron chi connectivity index (χ0n) is 28.2. The van der Waals surface area contributed by atoms with Gasteiger partial charge in [-0.1, -0.05) is 66.7 Å². The number of para-hydroxylation sites is 2. The number of aliphatic hydroxyl groups excluding tert-OH is 1. The van der Waals surface area contributed by atoms with Crippen LogP contribution in [0.4, 0.5) is 4.79 Å². The van der Waals surface area contributed by atoms with Crippen LogP contribution in [0.15, 0.2) is 78.9 Å². The van der Waals surface area contributed by atoms with E-state index in [9.17, 15) is 15.0 Å². The minimum Gasteiger partial charge on any atom is -0.496 e. The fourth-order valence-corrected chi connectivity index (χ4v) is 7.24. The van der Waals surface area contributed by atoms with Gasteiger partial charge in [-0.05, 0) is 67.6 Å². The number of hydrogen-bond acceptors (Lipinski definition) is 6. The van der Waals surface area contributed by atoms with E-state index in [-0.39, 0.29) is 6.61 Å². The highest BCUT2D eigenvalue weighted by molar-refractivity contribution is 5.65. The molecule has 3 atom stereocenters. The average molecular weight is 656 g/mol. The van der Waals surface area contributed by atoms with E-state index in [0.29, 0.717) is 74.8 Å². The molecule has 0 aromatic heterocycles. The fourth-order valence-electron chi connectivity index (χ4n) is 7.24. The van der Waals surface area contributed by atoms with Gasteiger partial charge in [0.2, 0.25) is 0 Å². The number of ether oxygens (including phenoxy) is 4. The maximum atomic E-state index is 11.9. The summed E-state index contributed by atoms with van der Waals surface area (Å²) in [5.41, 5.74) is 1.50. The van der Waals surface area contributed by atoms with Crippen molar-refractivity contribution in [3.63, 3.8) is 0 Å². The van der Waals surface area contributed by atoms with Crippen LogP contribution >= 0.6 is 0 Å². The number of hydrogen-bond donors (Lipinski definition) is 2. The zero-order chi connectivity index (χ0) is 33.8. The van der Waals surface area contributed by atoms with Crippen molar-refractivity contribution in [3.8, 4) is 23.3 Å². The van der Waals surface area contributed by atoms with Crippen molar-refractivity contribution in [3.05, 3.63) is 95.6 Å². The van der Waals surface area contributed by atoms with Gasteiger partial charge in [0.05, 0.1) is 26.9 Å². The highest BCUT2D eigenvalue weighted by Crippen LogP contribution is 2.52. The lowest BCUT2D eigenvalue weighted by Crippen LogP contribution is -2.35. The number of nitrogens with zero attached hydrogens (tertiary/aromatic N) is 1. The number of fused-ring (bicyclic) bond motifs is 1. The van der Waals surface area contributed by atoms with Gasteiger partial charge in [-0.25, -0.2) is 4.79 Å². The summed E-state index contributed by atoms with van der Waals surface area (Å²) < 4.78 is 24.4. The molecule has 2 aliphatic carbocycles. The molecule has 1 saturated carbocycles. The van der Waals surface area contributed by atoms with Gasteiger partial charge < -0.3 is 34.1 Å². The zero-order valence-corrected chi connectivity index (χ0v) is 28.2. The van der Waals surface area contributed by atoms with Gasteiger partial charge in [0.1, 0.15) is 11.5 Å². The van der Waals surface area contributed by atoms with Crippen molar-refractivity contribution < 1.29 is 34.0 Å². The number of rotatable bonds is 18. The molecule has 5 rings (SSSR count). The summed E-state index contributed by atoms with van der Waals surface area (Å²) in [6.07, 6.45) is 3.97. The monoisotopic (exact) mass is 655 g/mol. The van der Waals surface area contributed by atoms with Gasteiger partial charge >= 0.3 is 6.09 Å². The summed E-state index contributed by atoms with van der Waals surface area (Å²) >= 11 is 0. The van der Waals surface area contributed by atoms with Gasteiger partial charge in [-0.2, -0.15) is 0 Å². The second-order valence-electron chi connectivity index (χ2n) is 12.6. The molecular weight excluding hydrogens is 606 g/mol. The molecule has 0 radical (unpaired) electrons. The first-order valence-electron chi connectivity index (χ1n) is 17.2. The molecular formula is C40H49NO7. The Bertz CT molecular complexity index is 1450. The standard InChI is InChI=1S/C40H49NO7/c1-45-37-21-12-10-19-35(37)40(30-15-6-5-7-16-30,36-20-11-13-22-38(36)46-2)48-28-24-31(42)23-27-47-26-14-25-41(39(43)44)29-34-32-17-8-3-4-9-18-33(32)34/h5-7,10-13,15-16,19-22,31-34,42H,8-9,14,17-18,23-29H2,1-2H3,(H,43,44). The van der Waals surface area contributed by atoms with Crippen molar-refractivity contribution in [2.75, 3.05) is 47.1 Å². The molecule has 3 aromatic rings. The lowest BCUT2D eigenvalue weighted by molar-refractivity contribution is -0.0129. The van der Waals surface area contributed by atoms with Gasteiger partial charge in [0.25, 0.3) is 0 Å². The molecule has 0 saturated heterocycles. The Hall–Kier alpha value is -4.03. The van der Waals surface area contributed by atoms with E-state index >= 15 is 0 Å².